The predicted molar refractivity (Wildman–Crippen MR) is 93.1 cm³/mol. The van der Waals surface area contributed by atoms with Crippen molar-refractivity contribution in [1.82, 2.24) is 15.0 Å². The zero-order valence-corrected chi connectivity index (χ0v) is 14.4. The topological polar surface area (TPSA) is 90.4 Å². The molecule has 7 heteroatoms. The molecule has 1 aromatic carbocycles. The van der Waals surface area contributed by atoms with Crippen molar-refractivity contribution in [2.45, 2.75) is 39.0 Å². The summed E-state index contributed by atoms with van der Waals surface area (Å²) in [5.74, 6) is 1.42. The summed E-state index contributed by atoms with van der Waals surface area (Å²) in [5.41, 5.74) is 6.82. The summed E-state index contributed by atoms with van der Waals surface area (Å²) in [6, 6.07) is 9.92. The molecule has 0 bridgehead atoms. The van der Waals surface area contributed by atoms with Crippen molar-refractivity contribution in [3.8, 4) is 0 Å². The third-order valence-corrected chi connectivity index (χ3v) is 4.26. The van der Waals surface area contributed by atoms with Gasteiger partial charge in [0.25, 0.3) is 0 Å². The smallest absolute Gasteiger partial charge is 0.232 e. The Morgan fingerprint density at radius 1 is 1.12 bits per heavy atom. The van der Waals surface area contributed by atoms with Gasteiger partial charge in [0.05, 0.1) is 0 Å². The van der Waals surface area contributed by atoms with E-state index in [1.807, 2.05) is 30.3 Å². The maximum atomic E-state index is 5.90. The van der Waals surface area contributed by atoms with Crippen LogP contribution in [-0.2, 0) is 4.74 Å². The van der Waals surface area contributed by atoms with Crippen LogP contribution >= 0.6 is 0 Å². The molecule has 1 aromatic heterocycles. The van der Waals surface area contributed by atoms with Crippen molar-refractivity contribution in [2.24, 2.45) is 0 Å². The number of benzene rings is 1. The molecule has 2 heterocycles. The lowest BCUT2D eigenvalue weighted by atomic mass is 10.1. The van der Waals surface area contributed by atoms with E-state index in [1.165, 1.54) is 4.90 Å². The highest BCUT2D eigenvalue weighted by Crippen LogP contribution is 2.15. The summed E-state index contributed by atoms with van der Waals surface area (Å²) >= 11 is 0. The summed E-state index contributed by atoms with van der Waals surface area (Å²) in [4.78, 5) is 14.5. The number of rotatable bonds is 4. The van der Waals surface area contributed by atoms with Gasteiger partial charge in [0, 0.05) is 5.69 Å². The van der Waals surface area contributed by atoms with Gasteiger partial charge in [-0.15, -0.1) is 0 Å². The number of nitrogens with zero attached hydrogens (tertiary/aromatic N) is 3. The van der Waals surface area contributed by atoms with E-state index in [-0.39, 0.29) is 24.2 Å². The SMILES string of the molecule is C[C@H]1C[NH+]([C@@H](C)c2nc(N)nc(Nc3ccccc3)n2)C[C@H](C)O1. The largest absolute Gasteiger partial charge is 0.368 e. The quantitative estimate of drug-likeness (QED) is 0.774. The Morgan fingerprint density at radius 2 is 1.79 bits per heavy atom. The van der Waals surface area contributed by atoms with Gasteiger partial charge in [0.15, 0.2) is 5.82 Å². The zero-order valence-electron chi connectivity index (χ0n) is 14.4. The molecule has 0 unspecified atom stereocenters. The molecule has 24 heavy (non-hydrogen) atoms. The molecular formula is C17H25N6O+. The van der Waals surface area contributed by atoms with E-state index in [4.69, 9.17) is 10.5 Å². The van der Waals surface area contributed by atoms with Crippen molar-refractivity contribution in [3.05, 3.63) is 36.2 Å². The van der Waals surface area contributed by atoms with Crippen molar-refractivity contribution in [3.63, 3.8) is 0 Å². The number of anilines is 3. The molecular weight excluding hydrogens is 304 g/mol. The number of morpholine rings is 1. The minimum Gasteiger partial charge on any atom is -0.368 e. The number of ether oxygens (including phenoxy) is 1. The first-order chi connectivity index (χ1) is 11.5. The third kappa shape index (κ3) is 3.98. The zero-order chi connectivity index (χ0) is 17.1. The van der Waals surface area contributed by atoms with Gasteiger partial charge in [0.2, 0.25) is 11.9 Å². The van der Waals surface area contributed by atoms with E-state index in [0.717, 1.165) is 18.8 Å². The van der Waals surface area contributed by atoms with Crippen LogP contribution in [0.5, 0.6) is 0 Å². The summed E-state index contributed by atoms with van der Waals surface area (Å²) in [6.45, 7) is 8.19. The van der Waals surface area contributed by atoms with Crippen LogP contribution in [0.2, 0.25) is 0 Å². The van der Waals surface area contributed by atoms with Crippen LogP contribution in [0.15, 0.2) is 30.3 Å². The Hall–Kier alpha value is -2.25. The lowest BCUT2D eigenvalue weighted by molar-refractivity contribution is -0.944. The van der Waals surface area contributed by atoms with Gasteiger partial charge in [-0.3, -0.25) is 0 Å². The Kier molecular flexibility index (Phi) is 4.92. The molecule has 1 aliphatic rings. The van der Waals surface area contributed by atoms with Crippen molar-refractivity contribution >= 4 is 17.6 Å². The van der Waals surface area contributed by atoms with Crippen LogP contribution in [0.25, 0.3) is 0 Å². The number of nitrogen functional groups attached to an aromatic ring is 1. The average molecular weight is 329 g/mol. The number of para-hydroxylation sites is 1. The number of hydrogen-bond acceptors (Lipinski definition) is 6. The molecule has 1 fully saturated rings. The molecule has 4 N–H and O–H groups in total. The van der Waals surface area contributed by atoms with Gasteiger partial charge in [-0.25, -0.2) is 0 Å². The first-order valence-electron chi connectivity index (χ1n) is 8.35. The summed E-state index contributed by atoms with van der Waals surface area (Å²) in [6.07, 6.45) is 0.458. The molecule has 1 saturated heterocycles. The molecule has 0 amide bonds. The molecule has 2 aromatic rings. The van der Waals surface area contributed by atoms with Crippen LogP contribution in [0.1, 0.15) is 32.6 Å². The molecule has 7 nitrogen and oxygen atoms in total. The maximum absolute atomic E-state index is 5.90. The van der Waals surface area contributed by atoms with Gasteiger partial charge in [-0.2, -0.15) is 15.0 Å². The minimum atomic E-state index is 0.125. The van der Waals surface area contributed by atoms with E-state index in [0.29, 0.717) is 11.8 Å². The van der Waals surface area contributed by atoms with E-state index in [1.54, 1.807) is 0 Å². The number of aromatic nitrogens is 3. The number of hydrogen-bond donors (Lipinski definition) is 3. The minimum absolute atomic E-state index is 0.125. The molecule has 3 rings (SSSR count). The van der Waals surface area contributed by atoms with Crippen molar-refractivity contribution in [2.75, 3.05) is 24.1 Å². The third-order valence-electron chi connectivity index (χ3n) is 4.26. The van der Waals surface area contributed by atoms with Gasteiger partial charge >= 0.3 is 0 Å². The van der Waals surface area contributed by atoms with Crippen LogP contribution in [0.3, 0.4) is 0 Å². The second-order valence-electron chi connectivity index (χ2n) is 6.41. The van der Waals surface area contributed by atoms with E-state index < -0.39 is 0 Å². The fourth-order valence-corrected chi connectivity index (χ4v) is 3.16. The first-order valence-corrected chi connectivity index (χ1v) is 8.35. The van der Waals surface area contributed by atoms with Crippen LogP contribution in [0.4, 0.5) is 17.6 Å². The second kappa shape index (κ2) is 7.11. The van der Waals surface area contributed by atoms with Gasteiger partial charge in [-0.1, -0.05) is 18.2 Å². The second-order valence-corrected chi connectivity index (χ2v) is 6.41. The Balaban J connectivity index is 1.80. The fourth-order valence-electron chi connectivity index (χ4n) is 3.16. The van der Waals surface area contributed by atoms with Crippen molar-refractivity contribution < 1.29 is 9.64 Å². The summed E-state index contributed by atoms with van der Waals surface area (Å²) in [5, 5.41) is 3.18. The van der Waals surface area contributed by atoms with Crippen LogP contribution < -0.4 is 16.0 Å². The first kappa shape index (κ1) is 16.6. The highest BCUT2D eigenvalue weighted by Gasteiger charge is 2.31. The van der Waals surface area contributed by atoms with Crippen LogP contribution in [-0.4, -0.2) is 40.2 Å². The molecule has 0 aliphatic carbocycles. The number of nitrogens with two attached hydrogens (primary N) is 1. The molecule has 0 radical (unpaired) electrons. The average Bonchev–Trinajstić information content (AvgIpc) is 2.53. The van der Waals surface area contributed by atoms with Gasteiger partial charge in [0.1, 0.15) is 31.3 Å². The number of nitrogens with one attached hydrogen (secondary N) is 2. The monoisotopic (exact) mass is 329 g/mol. The molecule has 0 spiro atoms. The van der Waals surface area contributed by atoms with Crippen molar-refractivity contribution in [1.29, 1.82) is 0 Å². The standard InChI is InChI=1S/C17H24N6O/c1-11-9-23(10-12(2)24-11)13(3)15-20-16(18)22-17(21-15)19-14-7-5-4-6-8-14/h4-8,11-13H,9-10H2,1-3H3,(H3,18,19,20,21,22)/p+1/t11-,12-,13-/m0/s1. The number of quaternary nitrogens is 1. The Morgan fingerprint density at radius 3 is 2.46 bits per heavy atom. The van der Waals surface area contributed by atoms with Gasteiger partial charge < -0.3 is 20.7 Å². The lowest BCUT2D eigenvalue weighted by Gasteiger charge is -2.35. The molecule has 3 atom stereocenters. The Labute approximate surface area is 142 Å². The fraction of sp³-hybridized carbons (Fsp3) is 0.471. The van der Waals surface area contributed by atoms with Crippen LogP contribution in [0, 0.1) is 0 Å². The lowest BCUT2D eigenvalue weighted by Crippen LogP contribution is -3.15. The van der Waals surface area contributed by atoms with E-state index in [2.05, 4.69) is 41.0 Å². The maximum Gasteiger partial charge on any atom is 0.232 e. The van der Waals surface area contributed by atoms with E-state index in [9.17, 15) is 0 Å². The molecule has 1 aliphatic heterocycles. The van der Waals surface area contributed by atoms with Gasteiger partial charge in [-0.05, 0) is 32.9 Å². The Bertz CT molecular complexity index is 670. The molecule has 0 saturated carbocycles. The van der Waals surface area contributed by atoms with E-state index >= 15 is 0 Å². The molecule has 128 valence electrons. The summed E-state index contributed by atoms with van der Waals surface area (Å²) in [7, 11) is 0. The normalized spacial score (nSPS) is 25.2. The highest BCUT2D eigenvalue weighted by atomic mass is 16.5. The predicted octanol–water partition coefficient (Wildman–Crippen LogP) is 0.950. The highest BCUT2D eigenvalue weighted by molar-refractivity contribution is 5.53. The summed E-state index contributed by atoms with van der Waals surface area (Å²) < 4.78 is 5.82.